The molecule has 364 valence electrons. The average molecular weight is 1010 g/mol. The molecule has 0 N–H and O–H groups in total. The molecule has 4 aliphatic rings. The molecule has 2 aliphatic carbocycles. The number of fused-ring (bicyclic) bond motifs is 21. The highest BCUT2D eigenvalue weighted by atomic mass is 32.1. The number of hydrogen-bond acceptors (Lipinski definition) is 4. The van der Waals surface area contributed by atoms with Crippen LogP contribution in [0.2, 0.25) is 0 Å². The Morgan fingerprint density at radius 2 is 0.744 bits per heavy atom. The van der Waals surface area contributed by atoms with Crippen molar-refractivity contribution in [2.24, 2.45) is 0 Å². The lowest BCUT2D eigenvalue weighted by Crippen LogP contribution is -2.32. The Labute approximate surface area is 456 Å². The van der Waals surface area contributed by atoms with Crippen molar-refractivity contribution in [3.63, 3.8) is 0 Å². The average Bonchev–Trinajstić information content (AvgIpc) is 4.06. The molecule has 4 heteroatoms. The summed E-state index contributed by atoms with van der Waals surface area (Å²) in [5.74, 6) is 3.54. The van der Waals surface area contributed by atoms with Gasteiger partial charge in [0.2, 0.25) is 0 Å². The molecule has 0 atom stereocenters. The largest absolute Gasteiger partial charge is 0.457 e. The number of rotatable bonds is 5. The molecule has 0 bridgehead atoms. The summed E-state index contributed by atoms with van der Waals surface area (Å²) in [5, 5.41) is 2.60. The molecule has 2 spiro atoms. The summed E-state index contributed by atoms with van der Waals surface area (Å²) in [7, 11) is 0. The number of hydrogen-bond donors (Lipinski definition) is 0. The molecule has 13 aromatic rings. The van der Waals surface area contributed by atoms with Crippen LogP contribution in [0.4, 0.5) is 17.1 Å². The van der Waals surface area contributed by atoms with Gasteiger partial charge in [-0.2, -0.15) is 0 Å². The van der Waals surface area contributed by atoms with Crippen molar-refractivity contribution < 1.29 is 9.47 Å². The first-order valence-corrected chi connectivity index (χ1v) is 27.6. The van der Waals surface area contributed by atoms with Crippen LogP contribution in [0.15, 0.2) is 273 Å². The summed E-state index contributed by atoms with van der Waals surface area (Å²) in [6.45, 7) is 0. The van der Waals surface area contributed by atoms with E-state index in [1.165, 1.54) is 75.8 Å². The summed E-state index contributed by atoms with van der Waals surface area (Å²) >= 11 is 1.86. The molecule has 12 aromatic carbocycles. The van der Waals surface area contributed by atoms with Gasteiger partial charge in [0, 0.05) is 59.2 Å². The van der Waals surface area contributed by atoms with E-state index >= 15 is 0 Å². The molecule has 3 nitrogen and oxygen atoms in total. The SMILES string of the molecule is c1ccc2c(c1)Oc1ccccc1C21c2ccccc2-c2cc(-c3ccccc3N(c3ccc(-c4cccc5sc6ccccc6c45)cc3)c3cccc4c3-c3ccccc3C43c4ccccc4Oc4ccccc43)ccc21. The highest BCUT2D eigenvalue weighted by molar-refractivity contribution is 7.25. The molecule has 0 amide bonds. The van der Waals surface area contributed by atoms with Crippen molar-refractivity contribution >= 4 is 48.6 Å². The van der Waals surface area contributed by atoms with Crippen molar-refractivity contribution in [2.75, 3.05) is 4.90 Å². The predicted octanol–water partition coefficient (Wildman–Crippen LogP) is 19.8. The molecule has 78 heavy (non-hydrogen) atoms. The molecule has 2 aliphatic heterocycles. The van der Waals surface area contributed by atoms with Crippen LogP contribution < -0.4 is 14.4 Å². The molecule has 0 saturated heterocycles. The zero-order valence-corrected chi connectivity index (χ0v) is 43.0. The summed E-state index contributed by atoms with van der Waals surface area (Å²) in [6.07, 6.45) is 0. The molecule has 0 radical (unpaired) electrons. The smallest absolute Gasteiger partial charge is 0.132 e. The first kappa shape index (κ1) is 43.5. The lowest BCUT2D eigenvalue weighted by molar-refractivity contribution is 0.436. The van der Waals surface area contributed by atoms with Crippen LogP contribution in [-0.2, 0) is 10.8 Å². The Morgan fingerprint density at radius 1 is 0.295 bits per heavy atom. The van der Waals surface area contributed by atoms with Crippen molar-refractivity contribution in [1.29, 1.82) is 0 Å². The Balaban J connectivity index is 0.908. The van der Waals surface area contributed by atoms with E-state index in [4.69, 9.17) is 9.47 Å². The van der Waals surface area contributed by atoms with Gasteiger partial charge >= 0.3 is 0 Å². The van der Waals surface area contributed by atoms with Gasteiger partial charge in [0.1, 0.15) is 23.0 Å². The highest BCUT2D eigenvalue weighted by Crippen LogP contribution is 2.66. The zero-order chi connectivity index (χ0) is 51.1. The van der Waals surface area contributed by atoms with E-state index in [1.807, 2.05) is 11.3 Å². The quantitative estimate of drug-likeness (QED) is 0.171. The van der Waals surface area contributed by atoms with Gasteiger partial charge in [-0.3, -0.25) is 0 Å². The predicted molar refractivity (Wildman–Crippen MR) is 320 cm³/mol. The number of anilines is 3. The van der Waals surface area contributed by atoms with Gasteiger partial charge in [0.05, 0.1) is 22.2 Å². The first-order valence-electron chi connectivity index (χ1n) is 26.8. The summed E-state index contributed by atoms with van der Waals surface area (Å²) in [4.78, 5) is 2.53. The summed E-state index contributed by atoms with van der Waals surface area (Å²) < 4.78 is 16.1. The van der Waals surface area contributed by atoms with E-state index < -0.39 is 10.8 Å². The van der Waals surface area contributed by atoms with Crippen molar-refractivity contribution in [1.82, 2.24) is 0 Å². The number of para-hydroxylation sites is 5. The third kappa shape index (κ3) is 5.76. The highest BCUT2D eigenvalue weighted by Gasteiger charge is 2.53. The normalized spacial score (nSPS) is 14.1. The number of thiophene rings is 1. The van der Waals surface area contributed by atoms with Gasteiger partial charge in [-0.25, -0.2) is 0 Å². The van der Waals surface area contributed by atoms with Gasteiger partial charge in [-0.1, -0.05) is 206 Å². The van der Waals surface area contributed by atoms with Crippen LogP contribution in [0.5, 0.6) is 23.0 Å². The van der Waals surface area contributed by atoms with Gasteiger partial charge < -0.3 is 14.4 Å². The molecule has 17 rings (SSSR count). The van der Waals surface area contributed by atoms with Gasteiger partial charge in [-0.05, 0) is 122 Å². The third-order valence-corrected chi connectivity index (χ3v) is 18.4. The maximum atomic E-state index is 6.78. The Kier molecular flexibility index (Phi) is 9.14. The fourth-order valence-corrected chi connectivity index (χ4v) is 15.4. The third-order valence-electron chi connectivity index (χ3n) is 17.2. The number of nitrogens with zero attached hydrogens (tertiary/aromatic N) is 1. The standard InChI is InChI=1S/C74H45NO2S/c1-5-24-55-51(20-1)54-45-47(41-44-57(54)73(55)58-26-7-12-33-65(58)76-66-34-13-8-27-59(66)73)49-19-3-11-31-63(49)75(48-42-39-46(40-43-48)50-23-17-38-70-71(50)53-22-4-16-37-69(53)78-70)64-32-18-30-62-72(64)52-21-2-6-25-56(52)74(62)60-28-9-14-35-67(60)77-68-36-15-10-29-61(68)74/h1-45H. The second kappa shape index (κ2) is 16.4. The van der Waals surface area contributed by atoms with Crippen LogP contribution in [0.3, 0.4) is 0 Å². The van der Waals surface area contributed by atoms with Crippen LogP contribution in [0.1, 0.15) is 44.5 Å². The van der Waals surface area contributed by atoms with Gasteiger partial charge in [0.25, 0.3) is 0 Å². The van der Waals surface area contributed by atoms with E-state index in [1.54, 1.807) is 0 Å². The van der Waals surface area contributed by atoms with Crippen LogP contribution in [0.25, 0.3) is 64.7 Å². The minimum absolute atomic E-state index is 0.557. The number of benzene rings is 12. The Morgan fingerprint density at radius 3 is 1.41 bits per heavy atom. The fraction of sp³-hybridized carbons (Fsp3) is 0.0270. The van der Waals surface area contributed by atoms with E-state index in [-0.39, 0.29) is 0 Å². The fourth-order valence-electron chi connectivity index (χ4n) is 14.2. The second-order valence-electron chi connectivity index (χ2n) is 20.9. The maximum Gasteiger partial charge on any atom is 0.132 e. The lowest BCUT2D eigenvalue weighted by Gasteiger charge is -2.39. The van der Waals surface area contributed by atoms with Gasteiger partial charge in [0.15, 0.2) is 0 Å². The molecule has 0 fully saturated rings. The van der Waals surface area contributed by atoms with E-state index in [2.05, 4.69) is 278 Å². The van der Waals surface area contributed by atoms with Crippen LogP contribution >= 0.6 is 11.3 Å². The first-order chi connectivity index (χ1) is 38.7. The molecule has 3 heterocycles. The molecule has 1 aromatic heterocycles. The molecule has 0 saturated carbocycles. The summed E-state index contributed by atoms with van der Waals surface area (Å²) in [6, 6.07) is 101. The minimum Gasteiger partial charge on any atom is -0.457 e. The van der Waals surface area contributed by atoms with Crippen LogP contribution in [-0.4, -0.2) is 0 Å². The second-order valence-corrected chi connectivity index (χ2v) is 22.0. The maximum absolute atomic E-state index is 6.78. The zero-order valence-electron chi connectivity index (χ0n) is 42.2. The Bertz CT molecular complexity index is 4570. The molecular formula is C74H45NO2S. The van der Waals surface area contributed by atoms with Crippen molar-refractivity contribution in [3.8, 4) is 67.5 Å². The Hall–Kier alpha value is -9.74. The topological polar surface area (TPSA) is 21.7 Å². The van der Waals surface area contributed by atoms with E-state index in [0.717, 1.165) is 73.4 Å². The van der Waals surface area contributed by atoms with Crippen molar-refractivity contribution in [3.05, 3.63) is 317 Å². The van der Waals surface area contributed by atoms with E-state index in [0.29, 0.717) is 0 Å². The lowest BCUT2D eigenvalue weighted by atomic mass is 9.66. The minimum atomic E-state index is -0.630. The van der Waals surface area contributed by atoms with Crippen molar-refractivity contribution in [2.45, 2.75) is 10.8 Å². The van der Waals surface area contributed by atoms with E-state index in [9.17, 15) is 0 Å². The molecular weight excluding hydrogens is 967 g/mol. The number of ether oxygens (including phenoxy) is 2. The monoisotopic (exact) mass is 1010 g/mol. The van der Waals surface area contributed by atoms with Gasteiger partial charge in [-0.15, -0.1) is 11.3 Å². The van der Waals surface area contributed by atoms with Crippen LogP contribution in [0, 0.1) is 0 Å². The molecule has 0 unspecified atom stereocenters. The summed E-state index contributed by atoms with van der Waals surface area (Å²) in [5.41, 5.74) is 21.2.